The summed E-state index contributed by atoms with van der Waals surface area (Å²) < 4.78 is 1.92. The summed E-state index contributed by atoms with van der Waals surface area (Å²) >= 11 is 0. The first kappa shape index (κ1) is 10.6. The van der Waals surface area contributed by atoms with Crippen LogP contribution in [0.15, 0.2) is 0 Å². The number of rotatable bonds is 5. The Morgan fingerprint density at radius 1 is 1.47 bits per heavy atom. The fourth-order valence-corrected chi connectivity index (χ4v) is 2.02. The van der Waals surface area contributed by atoms with Crippen molar-refractivity contribution in [1.82, 2.24) is 15.0 Å². The van der Waals surface area contributed by atoms with E-state index in [0.29, 0.717) is 12.5 Å². The van der Waals surface area contributed by atoms with Gasteiger partial charge in [0.1, 0.15) is 0 Å². The SMILES string of the molecule is NCc1nnn(CCCO)c1C1CCC1. The van der Waals surface area contributed by atoms with E-state index < -0.39 is 0 Å². The van der Waals surface area contributed by atoms with Crippen LogP contribution in [0.3, 0.4) is 0 Å². The molecule has 1 aromatic rings. The fraction of sp³-hybridized carbons (Fsp3) is 0.800. The molecular weight excluding hydrogens is 192 g/mol. The number of nitrogens with two attached hydrogens (primary N) is 1. The molecule has 1 fully saturated rings. The topological polar surface area (TPSA) is 77.0 Å². The standard InChI is InChI=1S/C10H18N4O/c11-7-9-10(8-3-1-4-8)14(13-12-9)5-2-6-15/h8,15H,1-7,11H2. The van der Waals surface area contributed by atoms with E-state index in [1.54, 1.807) is 0 Å². The van der Waals surface area contributed by atoms with E-state index in [2.05, 4.69) is 10.3 Å². The van der Waals surface area contributed by atoms with E-state index in [1.807, 2.05) is 4.68 Å². The van der Waals surface area contributed by atoms with E-state index in [0.717, 1.165) is 18.7 Å². The van der Waals surface area contributed by atoms with Gasteiger partial charge in [-0.3, -0.25) is 0 Å². The number of hydrogen-bond donors (Lipinski definition) is 2. The highest BCUT2D eigenvalue weighted by Gasteiger charge is 2.26. The predicted molar refractivity (Wildman–Crippen MR) is 56.2 cm³/mol. The first-order valence-electron chi connectivity index (χ1n) is 5.60. The van der Waals surface area contributed by atoms with Gasteiger partial charge in [-0.2, -0.15) is 0 Å². The van der Waals surface area contributed by atoms with Crippen LogP contribution in [-0.4, -0.2) is 26.7 Å². The summed E-state index contributed by atoms with van der Waals surface area (Å²) in [6.45, 7) is 1.40. The van der Waals surface area contributed by atoms with Gasteiger partial charge in [0, 0.05) is 25.6 Å². The number of aliphatic hydroxyl groups excluding tert-OH is 1. The van der Waals surface area contributed by atoms with Crippen LogP contribution in [0.1, 0.15) is 43.0 Å². The highest BCUT2D eigenvalue weighted by molar-refractivity contribution is 5.17. The molecule has 1 aromatic heterocycles. The first-order valence-corrected chi connectivity index (χ1v) is 5.60. The van der Waals surface area contributed by atoms with Crippen molar-refractivity contribution >= 4 is 0 Å². The van der Waals surface area contributed by atoms with Crippen molar-refractivity contribution in [2.24, 2.45) is 5.73 Å². The molecule has 0 amide bonds. The Labute approximate surface area is 89.3 Å². The Kier molecular flexibility index (Phi) is 3.33. The van der Waals surface area contributed by atoms with Gasteiger partial charge in [-0.05, 0) is 19.3 Å². The van der Waals surface area contributed by atoms with Gasteiger partial charge in [0.2, 0.25) is 0 Å². The molecule has 1 aliphatic rings. The van der Waals surface area contributed by atoms with Crippen molar-refractivity contribution in [3.63, 3.8) is 0 Å². The van der Waals surface area contributed by atoms with Gasteiger partial charge in [-0.1, -0.05) is 11.6 Å². The Hall–Kier alpha value is -0.940. The van der Waals surface area contributed by atoms with Gasteiger partial charge >= 0.3 is 0 Å². The largest absolute Gasteiger partial charge is 0.396 e. The summed E-state index contributed by atoms with van der Waals surface area (Å²) in [5.41, 5.74) is 7.78. The number of aliphatic hydroxyl groups is 1. The molecule has 0 unspecified atom stereocenters. The normalized spacial score (nSPS) is 16.7. The Morgan fingerprint density at radius 3 is 2.80 bits per heavy atom. The van der Waals surface area contributed by atoms with Crippen molar-refractivity contribution in [2.45, 2.75) is 44.7 Å². The maximum Gasteiger partial charge on any atom is 0.0997 e. The number of hydrogen-bond acceptors (Lipinski definition) is 4. The Bertz CT molecular complexity index is 319. The molecule has 1 aliphatic carbocycles. The van der Waals surface area contributed by atoms with Crippen LogP contribution in [0.5, 0.6) is 0 Å². The smallest absolute Gasteiger partial charge is 0.0997 e. The van der Waals surface area contributed by atoms with Crippen LogP contribution in [-0.2, 0) is 13.1 Å². The second-order valence-electron chi connectivity index (χ2n) is 4.05. The van der Waals surface area contributed by atoms with Crippen molar-refractivity contribution in [3.8, 4) is 0 Å². The van der Waals surface area contributed by atoms with Crippen LogP contribution in [0.25, 0.3) is 0 Å². The molecule has 1 heterocycles. The summed E-state index contributed by atoms with van der Waals surface area (Å²) in [5.74, 6) is 0.595. The lowest BCUT2D eigenvalue weighted by Gasteiger charge is -2.26. The van der Waals surface area contributed by atoms with Crippen LogP contribution in [0.2, 0.25) is 0 Å². The molecular formula is C10H18N4O. The fourth-order valence-electron chi connectivity index (χ4n) is 2.02. The number of nitrogens with zero attached hydrogens (tertiary/aromatic N) is 3. The van der Waals surface area contributed by atoms with Crippen LogP contribution in [0.4, 0.5) is 0 Å². The summed E-state index contributed by atoms with van der Waals surface area (Å²) in [5, 5.41) is 17.0. The van der Waals surface area contributed by atoms with Gasteiger partial charge in [0.25, 0.3) is 0 Å². The monoisotopic (exact) mass is 210 g/mol. The van der Waals surface area contributed by atoms with Crippen molar-refractivity contribution < 1.29 is 5.11 Å². The highest BCUT2D eigenvalue weighted by atomic mass is 16.3. The Balaban J connectivity index is 2.16. The molecule has 1 saturated carbocycles. The lowest BCUT2D eigenvalue weighted by molar-refractivity contribution is 0.272. The lowest BCUT2D eigenvalue weighted by Crippen LogP contribution is -2.18. The summed E-state index contributed by atoms with van der Waals surface area (Å²) in [6.07, 6.45) is 4.46. The molecule has 5 heteroatoms. The average Bonchev–Trinajstić information content (AvgIpc) is 2.56. The van der Waals surface area contributed by atoms with E-state index in [-0.39, 0.29) is 6.61 Å². The van der Waals surface area contributed by atoms with Crippen molar-refractivity contribution in [1.29, 1.82) is 0 Å². The van der Waals surface area contributed by atoms with Gasteiger partial charge in [0.05, 0.1) is 11.4 Å². The zero-order valence-electron chi connectivity index (χ0n) is 8.89. The third-order valence-corrected chi connectivity index (χ3v) is 3.06. The van der Waals surface area contributed by atoms with Gasteiger partial charge in [-0.25, -0.2) is 4.68 Å². The molecule has 0 radical (unpaired) electrons. The molecule has 3 N–H and O–H groups in total. The third-order valence-electron chi connectivity index (χ3n) is 3.06. The first-order chi connectivity index (χ1) is 7.36. The lowest BCUT2D eigenvalue weighted by atomic mass is 9.82. The number of aryl methyl sites for hydroxylation is 1. The van der Waals surface area contributed by atoms with Crippen LogP contribution >= 0.6 is 0 Å². The molecule has 84 valence electrons. The highest BCUT2D eigenvalue weighted by Crippen LogP contribution is 2.37. The maximum atomic E-state index is 8.81. The molecule has 0 bridgehead atoms. The maximum absolute atomic E-state index is 8.81. The predicted octanol–water partition coefficient (Wildman–Crippen LogP) is 0.387. The minimum atomic E-state index is 0.196. The van der Waals surface area contributed by atoms with Gasteiger partial charge in [0.15, 0.2) is 0 Å². The molecule has 2 rings (SSSR count). The summed E-state index contributed by atoms with van der Waals surface area (Å²) in [7, 11) is 0. The second-order valence-corrected chi connectivity index (χ2v) is 4.05. The van der Waals surface area contributed by atoms with Gasteiger partial charge in [-0.15, -0.1) is 5.10 Å². The third kappa shape index (κ3) is 2.03. The molecule has 5 nitrogen and oxygen atoms in total. The molecule has 15 heavy (non-hydrogen) atoms. The molecule has 0 spiro atoms. The van der Waals surface area contributed by atoms with E-state index in [4.69, 9.17) is 10.8 Å². The molecule has 0 saturated heterocycles. The summed E-state index contributed by atoms with van der Waals surface area (Å²) in [4.78, 5) is 0. The number of aromatic nitrogens is 3. The second kappa shape index (κ2) is 4.72. The minimum Gasteiger partial charge on any atom is -0.396 e. The quantitative estimate of drug-likeness (QED) is 0.737. The zero-order chi connectivity index (χ0) is 10.7. The average molecular weight is 210 g/mol. The zero-order valence-corrected chi connectivity index (χ0v) is 8.89. The van der Waals surface area contributed by atoms with E-state index in [1.165, 1.54) is 25.0 Å². The van der Waals surface area contributed by atoms with E-state index in [9.17, 15) is 0 Å². The summed E-state index contributed by atoms with van der Waals surface area (Å²) in [6, 6.07) is 0. The molecule has 0 aromatic carbocycles. The van der Waals surface area contributed by atoms with Crippen LogP contribution < -0.4 is 5.73 Å². The minimum absolute atomic E-state index is 0.196. The molecule has 0 aliphatic heterocycles. The van der Waals surface area contributed by atoms with Crippen molar-refractivity contribution in [2.75, 3.05) is 6.61 Å². The Morgan fingerprint density at radius 2 is 2.27 bits per heavy atom. The van der Waals surface area contributed by atoms with Crippen molar-refractivity contribution in [3.05, 3.63) is 11.4 Å². The van der Waals surface area contributed by atoms with Crippen LogP contribution in [0, 0.1) is 0 Å². The van der Waals surface area contributed by atoms with E-state index >= 15 is 0 Å². The molecule has 0 atom stereocenters. The van der Waals surface area contributed by atoms with Gasteiger partial charge < -0.3 is 10.8 Å².